The number of rotatable bonds is 10. The molecule has 0 aromatic heterocycles. The molecule has 1 aliphatic carbocycles. The molecule has 3 N–H and O–H groups in total. The second kappa shape index (κ2) is 10.7. The van der Waals surface area contributed by atoms with E-state index in [0.29, 0.717) is 13.2 Å². The maximum absolute atomic E-state index is 11.7. The SMILES string of the molecule is CCc1ccc2c(c1)[C@@H](NC[C@@H](O)[C@H](COCc1ccccc1)NC(C)=O)CC1(CCC1)O2. The van der Waals surface area contributed by atoms with Crippen LogP contribution in [0.5, 0.6) is 5.75 Å². The van der Waals surface area contributed by atoms with Gasteiger partial charge in [0, 0.05) is 31.5 Å². The number of nitrogens with one attached hydrogen (secondary N) is 2. The van der Waals surface area contributed by atoms with Gasteiger partial charge in [-0.15, -0.1) is 0 Å². The Hall–Kier alpha value is -2.41. The van der Waals surface area contributed by atoms with E-state index in [4.69, 9.17) is 9.47 Å². The molecule has 6 nitrogen and oxygen atoms in total. The van der Waals surface area contributed by atoms with E-state index in [0.717, 1.165) is 42.6 Å². The predicted molar refractivity (Wildman–Crippen MR) is 128 cm³/mol. The molecule has 2 aromatic rings. The lowest BCUT2D eigenvalue weighted by Crippen LogP contribution is -2.52. The fourth-order valence-corrected chi connectivity index (χ4v) is 4.79. The van der Waals surface area contributed by atoms with Crippen molar-refractivity contribution in [2.45, 2.75) is 76.3 Å². The van der Waals surface area contributed by atoms with Gasteiger partial charge < -0.3 is 25.2 Å². The summed E-state index contributed by atoms with van der Waals surface area (Å²) in [6.07, 6.45) is 4.44. The van der Waals surface area contributed by atoms with E-state index in [1.54, 1.807) is 0 Å². The first-order chi connectivity index (χ1) is 16.0. The molecule has 0 bridgehead atoms. The van der Waals surface area contributed by atoms with E-state index < -0.39 is 12.1 Å². The molecule has 0 unspecified atom stereocenters. The van der Waals surface area contributed by atoms with Crippen LogP contribution in [-0.2, 0) is 22.6 Å². The van der Waals surface area contributed by atoms with E-state index >= 15 is 0 Å². The van der Waals surface area contributed by atoms with Crippen LogP contribution in [0.2, 0.25) is 0 Å². The maximum atomic E-state index is 11.7. The minimum absolute atomic E-state index is 0.0841. The highest BCUT2D eigenvalue weighted by Gasteiger charge is 2.45. The monoisotopic (exact) mass is 452 g/mol. The summed E-state index contributed by atoms with van der Waals surface area (Å²) in [7, 11) is 0. The normalized spacial score (nSPS) is 20.3. The molecular weight excluding hydrogens is 416 g/mol. The quantitative estimate of drug-likeness (QED) is 0.513. The van der Waals surface area contributed by atoms with Crippen LogP contribution < -0.4 is 15.4 Å². The lowest BCUT2D eigenvalue weighted by atomic mass is 9.72. The number of aliphatic hydroxyl groups is 1. The van der Waals surface area contributed by atoms with Crippen LogP contribution in [0, 0.1) is 0 Å². The highest BCUT2D eigenvalue weighted by atomic mass is 16.5. The third-order valence-corrected chi connectivity index (χ3v) is 6.86. The number of hydrogen-bond acceptors (Lipinski definition) is 5. The van der Waals surface area contributed by atoms with Crippen molar-refractivity contribution in [1.82, 2.24) is 10.6 Å². The largest absolute Gasteiger partial charge is 0.487 e. The number of benzene rings is 2. The number of ether oxygens (including phenoxy) is 2. The summed E-state index contributed by atoms with van der Waals surface area (Å²) in [6.45, 7) is 4.65. The fraction of sp³-hybridized carbons (Fsp3) is 0.519. The molecule has 4 rings (SSSR count). The van der Waals surface area contributed by atoms with Gasteiger partial charge in [-0.1, -0.05) is 49.4 Å². The van der Waals surface area contributed by atoms with Gasteiger partial charge in [0.25, 0.3) is 0 Å². The van der Waals surface area contributed by atoms with Gasteiger partial charge in [-0.25, -0.2) is 0 Å². The van der Waals surface area contributed by atoms with Crippen molar-refractivity contribution in [3.63, 3.8) is 0 Å². The van der Waals surface area contributed by atoms with Gasteiger partial charge in [-0.3, -0.25) is 4.79 Å². The van der Waals surface area contributed by atoms with E-state index in [9.17, 15) is 9.90 Å². The van der Waals surface area contributed by atoms with E-state index in [-0.39, 0.29) is 24.2 Å². The second-order valence-electron chi connectivity index (χ2n) is 9.40. The van der Waals surface area contributed by atoms with Gasteiger partial charge in [0.05, 0.1) is 25.4 Å². The summed E-state index contributed by atoms with van der Waals surface area (Å²) in [6, 6.07) is 16.0. The van der Waals surface area contributed by atoms with Crippen LogP contribution in [0.3, 0.4) is 0 Å². The van der Waals surface area contributed by atoms with Crippen molar-refractivity contribution >= 4 is 5.91 Å². The molecule has 3 atom stereocenters. The van der Waals surface area contributed by atoms with Crippen molar-refractivity contribution in [2.24, 2.45) is 0 Å². The number of hydrogen-bond donors (Lipinski definition) is 3. The molecule has 178 valence electrons. The topological polar surface area (TPSA) is 79.8 Å². The molecule has 1 fully saturated rings. The summed E-state index contributed by atoms with van der Waals surface area (Å²) >= 11 is 0. The summed E-state index contributed by atoms with van der Waals surface area (Å²) in [4.78, 5) is 11.7. The summed E-state index contributed by atoms with van der Waals surface area (Å²) in [5.74, 6) is 0.773. The molecule has 1 amide bonds. The first kappa shape index (κ1) is 23.7. The van der Waals surface area contributed by atoms with Crippen LogP contribution >= 0.6 is 0 Å². The van der Waals surface area contributed by atoms with Crippen molar-refractivity contribution < 1.29 is 19.4 Å². The average molecular weight is 453 g/mol. The molecule has 1 saturated carbocycles. The van der Waals surface area contributed by atoms with E-state index in [2.05, 4.69) is 35.8 Å². The number of carbonyl (C=O) groups is 1. The Bertz CT molecular complexity index is 929. The molecule has 1 spiro atoms. The third-order valence-electron chi connectivity index (χ3n) is 6.86. The van der Waals surface area contributed by atoms with E-state index in [1.807, 2.05) is 30.3 Å². The van der Waals surface area contributed by atoms with Gasteiger partial charge in [-0.05, 0) is 42.9 Å². The molecule has 1 aliphatic heterocycles. The van der Waals surface area contributed by atoms with Crippen molar-refractivity contribution in [2.75, 3.05) is 13.2 Å². The summed E-state index contributed by atoms with van der Waals surface area (Å²) in [5.41, 5.74) is 3.41. The Labute approximate surface area is 196 Å². The summed E-state index contributed by atoms with van der Waals surface area (Å²) < 4.78 is 12.2. The molecule has 33 heavy (non-hydrogen) atoms. The predicted octanol–water partition coefficient (Wildman–Crippen LogP) is 3.67. The van der Waals surface area contributed by atoms with Crippen LogP contribution in [0.25, 0.3) is 0 Å². The molecule has 2 aliphatic rings. The van der Waals surface area contributed by atoms with Crippen molar-refractivity contribution in [3.8, 4) is 5.75 Å². The molecule has 6 heteroatoms. The van der Waals surface area contributed by atoms with E-state index in [1.165, 1.54) is 18.9 Å². The van der Waals surface area contributed by atoms with Crippen molar-refractivity contribution in [3.05, 3.63) is 65.2 Å². The van der Waals surface area contributed by atoms with Crippen LogP contribution in [0.1, 0.15) is 62.3 Å². The lowest BCUT2D eigenvalue weighted by molar-refractivity contribution is -0.121. The zero-order valence-corrected chi connectivity index (χ0v) is 19.7. The third kappa shape index (κ3) is 5.94. The minimum Gasteiger partial charge on any atom is -0.487 e. The van der Waals surface area contributed by atoms with Gasteiger partial charge in [0.2, 0.25) is 5.91 Å². The molecular formula is C27H36N2O4. The Balaban J connectivity index is 1.39. The molecule has 1 heterocycles. The molecule has 0 radical (unpaired) electrons. The Kier molecular flexibility index (Phi) is 7.68. The van der Waals surface area contributed by atoms with Gasteiger partial charge >= 0.3 is 0 Å². The Morgan fingerprint density at radius 1 is 1.21 bits per heavy atom. The average Bonchev–Trinajstić information content (AvgIpc) is 2.80. The Morgan fingerprint density at radius 2 is 2.00 bits per heavy atom. The van der Waals surface area contributed by atoms with Crippen LogP contribution in [-0.4, -0.2) is 41.9 Å². The number of aliphatic hydroxyl groups excluding tert-OH is 1. The standard InChI is InChI=1S/C27H36N2O4/c1-3-20-10-11-26-22(14-20)23(15-27(33-26)12-7-13-27)28-16-25(31)24(29-19(2)30)18-32-17-21-8-5-4-6-9-21/h4-6,8-11,14,23-25,28,31H,3,7,12-13,15-18H2,1-2H3,(H,29,30)/t23-,24-,25+/m0/s1. The number of aryl methyl sites for hydroxylation is 1. The lowest BCUT2D eigenvalue weighted by Gasteiger charge is -2.48. The number of carbonyl (C=O) groups excluding carboxylic acids is 1. The van der Waals surface area contributed by atoms with Gasteiger partial charge in [0.1, 0.15) is 11.4 Å². The maximum Gasteiger partial charge on any atom is 0.217 e. The van der Waals surface area contributed by atoms with Crippen LogP contribution in [0.15, 0.2) is 48.5 Å². The minimum atomic E-state index is -0.775. The molecule has 0 saturated heterocycles. The zero-order valence-electron chi connectivity index (χ0n) is 19.7. The fourth-order valence-electron chi connectivity index (χ4n) is 4.79. The smallest absolute Gasteiger partial charge is 0.217 e. The highest BCUT2D eigenvalue weighted by molar-refractivity contribution is 5.73. The van der Waals surface area contributed by atoms with Gasteiger partial charge in [-0.2, -0.15) is 0 Å². The first-order valence-corrected chi connectivity index (χ1v) is 12.1. The number of fused-ring (bicyclic) bond motifs is 1. The number of amides is 1. The first-order valence-electron chi connectivity index (χ1n) is 12.1. The zero-order chi connectivity index (χ0) is 23.3. The summed E-state index contributed by atoms with van der Waals surface area (Å²) in [5, 5.41) is 17.4. The second-order valence-corrected chi connectivity index (χ2v) is 9.40. The highest BCUT2D eigenvalue weighted by Crippen LogP contribution is 2.49. The van der Waals surface area contributed by atoms with Crippen molar-refractivity contribution in [1.29, 1.82) is 0 Å². The molecule has 2 aromatic carbocycles. The van der Waals surface area contributed by atoms with Gasteiger partial charge in [0.15, 0.2) is 0 Å². The Morgan fingerprint density at radius 3 is 2.67 bits per heavy atom. The van der Waals surface area contributed by atoms with Crippen LogP contribution in [0.4, 0.5) is 0 Å².